The summed E-state index contributed by atoms with van der Waals surface area (Å²) in [6, 6.07) is 0. The fourth-order valence-electron chi connectivity index (χ4n) is 2.29. The molecule has 3 heterocycles. The lowest BCUT2D eigenvalue weighted by molar-refractivity contribution is 0.0699. The molecule has 1 fully saturated rings. The van der Waals surface area contributed by atoms with Crippen molar-refractivity contribution < 1.29 is 4.74 Å². The van der Waals surface area contributed by atoms with Gasteiger partial charge in [0.1, 0.15) is 6.33 Å². The second kappa shape index (κ2) is 6.45. The van der Waals surface area contributed by atoms with E-state index in [2.05, 4.69) is 25.3 Å². The molecule has 0 unspecified atom stereocenters. The molecule has 0 saturated carbocycles. The van der Waals surface area contributed by atoms with E-state index in [4.69, 9.17) is 10.5 Å². The normalized spacial score (nSPS) is 15.8. The van der Waals surface area contributed by atoms with Gasteiger partial charge in [-0.2, -0.15) is 0 Å². The number of nitrogens with one attached hydrogen (secondary N) is 1. The van der Waals surface area contributed by atoms with E-state index in [1.807, 2.05) is 0 Å². The third-order valence-electron chi connectivity index (χ3n) is 3.56. The van der Waals surface area contributed by atoms with Gasteiger partial charge in [-0.1, -0.05) is 0 Å². The van der Waals surface area contributed by atoms with Crippen molar-refractivity contribution in [3.63, 3.8) is 0 Å². The minimum Gasteiger partial charge on any atom is -0.381 e. The topological polar surface area (TPSA) is 98.8 Å². The smallest absolute Gasteiger partial charge is 0.169 e. The van der Waals surface area contributed by atoms with Crippen LogP contribution in [0.5, 0.6) is 0 Å². The number of anilines is 2. The van der Waals surface area contributed by atoms with Crippen LogP contribution in [0.15, 0.2) is 24.9 Å². The molecule has 1 aliphatic rings. The standard InChI is InChI=1S/C14H18N6O/c15-13-14(19-5-10-1-3-21-4-2-10)20-12(8-18-13)11-6-16-9-17-7-11/h6-10H,1-5H2,(H2,15,18)(H,19,20). The minimum absolute atomic E-state index is 0.405. The maximum absolute atomic E-state index is 5.89. The third kappa shape index (κ3) is 3.43. The van der Waals surface area contributed by atoms with Crippen molar-refractivity contribution >= 4 is 11.6 Å². The predicted octanol–water partition coefficient (Wildman–Crippen LogP) is 1.35. The first-order valence-corrected chi connectivity index (χ1v) is 7.02. The Morgan fingerprint density at radius 3 is 2.71 bits per heavy atom. The van der Waals surface area contributed by atoms with Crippen molar-refractivity contribution in [2.45, 2.75) is 12.8 Å². The number of nitrogens with zero attached hydrogens (tertiary/aromatic N) is 4. The van der Waals surface area contributed by atoms with E-state index >= 15 is 0 Å². The highest BCUT2D eigenvalue weighted by Gasteiger charge is 2.15. The summed E-state index contributed by atoms with van der Waals surface area (Å²) >= 11 is 0. The number of hydrogen-bond acceptors (Lipinski definition) is 7. The third-order valence-corrected chi connectivity index (χ3v) is 3.56. The Hall–Kier alpha value is -2.28. The lowest BCUT2D eigenvalue weighted by Crippen LogP contribution is -2.23. The summed E-state index contributed by atoms with van der Waals surface area (Å²) in [4.78, 5) is 16.7. The average molecular weight is 286 g/mol. The summed E-state index contributed by atoms with van der Waals surface area (Å²) in [5.41, 5.74) is 7.42. The molecule has 21 heavy (non-hydrogen) atoms. The highest BCUT2D eigenvalue weighted by atomic mass is 16.5. The number of rotatable bonds is 4. The number of aromatic nitrogens is 4. The fourth-order valence-corrected chi connectivity index (χ4v) is 2.29. The Labute approximate surface area is 123 Å². The van der Waals surface area contributed by atoms with Crippen LogP contribution in [0.4, 0.5) is 11.6 Å². The van der Waals surface area contributed by atoms with Gasteiger partial charge in [-0.15, -0.1) is 0 Å². The summed E-state index contributed by atoms with van der Waals surface area (Å²) in [6.07, 6.45) is 8.65. The van der Waals surface area contributed by atoms with Crippen LogP contribution in [0, 0.1) is 5.92 Å². The number of nitrogens with two attached hydrogens (primary N) is 1. The molecule has 0 atom stereocenters. The maximum atomic E-state index is 5.89. The van der Waals surface area contributed by atoms with E-state index in [0.717, 1.165) is 38.2 Å². The van der Waals surface area contributed by atoms with Gasteiger partial charge in [0, 0.05) is 37.7 Å². The highest BCUT2D eigenvalue weighted by molar-refractivity contribution is 5.64. The van der Waals surface area contributed by atoms with E-state index in [0.29, 0.717) is 23.2 Å². The molecule has 7 nitrogen and oxygen atoms in total. The molecular weight excluding hydrogens is 268 g/mol. The second-order valence-electron chi connectivity index (χ2n) is 5.05. The van der Waals surface area contributed by atoms with Crippen molar-refractivity contribution in [1.82, 2.24) is 19.9 Å². The van der Waals surface area contributed by atoms with Crippen LogP contribution in [-0.4, -0.2) is 39.7 Å². The van der Waals surface area contributed by atoms with Crippen molar-refractivity contribution in [2.75, 3.05) is 30.8 Å². The largest absolute Gasteiger partial charge is 0.381 e. The molecule has 0 aliphatic carbocycles. The molecule has 7 heteroatoms. The van der Waals surface area contributed by atoms with Gasteiger partial charge in [0.15, 0.2) is 11.6 Å². The molecule has 1 aliphatic heterocycles. The lowest BCUT2D eigenvalue weighted by atomic mass is 10.0. The van der Waals surface area contributed by atoms with Crippen molar-refractivity contribution in [3.8, 4) is 11.3 Å². The lowest BCUT2D eigenvalue weighted by Gasteiger charge is -2.22. The molecule has 0 amide bonds. The molecule has 3 N–H and O–H groups in total. The number of hydrogen-bond donors (Lipinski definition) is 2. The molecule has 110 valence electrons. The minimum atomic E-state index is 0.405. The van der Waals surface area contributed by atoms with Crippen molar-refractivity contribution in [3.05, 3.63) is 24.9 Å². The summed E-state index contributed by atoms with van der Waals surface area (Å²) in [5, 5.41) is 3.30. The van der Waals surface area contributed by atoms with Gasteiger partial charge >= 0.3 is 0 Å². The number of nitrogen functional groups attached to an aromatic ring is 1. The van der Waals surface area contributed by atoms with Gasteiger partial charge in [-0.25, -0.2) is 19.9 Å². The van der Waals surface area contributed by atoms with Crippen LogP contribution in [0.25, 0.3) is 11.3 Å². The Bertz CT molecular complexity index is 585. The quantitative estimate of drug-likeness (QED) is 0.875. The van der Waals surface area contributed by atoms with Crippen LogP contribution in [0.2, 0.25) is 0 Å². The maximum Gasteiger partial charge on any atom is 0.169 e. The summed E-state index contributed by atoms with van der Waals surface area (Å²) in [5.74, 6) is 1.61. The Morgan fingerprint density at radius 2 is 1.95 bits per heavy atom. The van der Waals surface area contributed by atoms with Gasteiger partial charge in [0.25, 0.3) is 0 Å². The highest BCUT2D eigenvalue weighted by Crippen LogP contribution is 2.21. The van der Waals surface area contributed by atoms with Gasteiger partial charge in [-0.3, -0.25) is 0 Å². The summed E-state index contributed by atoms with van der Waals surface area (Å²) in [6.45, 7) is 2.49. The molecule has 1 saturated heterocycles. The molecule has 0 spiro atoms. The summed E-state index contributed by atoms with van der Waals surface area (Å²) in [7, 11) is 0. The monoisotopic (exact) mass is 286 g/mol. The summed E-state index contributed by atoms with van der Waals surface area (Å²) < 4.78 is 5.36. The number of ether oxygens (including phenoxy) is 1. The molecule has 2 aromatic heterocycles. The molecule has 0 radical (unpaired) electrons. The van der Waals surface area contributed by atoms with E-state index in [1.165, 1.54) is 6.33 Å². The average Bonchev–Trinajstić information content (AvgIpc) is 2.56. The van der Waals surface area contributed by atoms with E-state index in [-0.39, 0.29) is 0 Å². The predicted molar refractivity (Wildman–Crippen MR) is 79.5 cm³/mol. The molecular formula is C14H18N6O. The first-order chi connectivity index (χ1) is 10.3. The Kier molecular flexibility index (Phi) is 4.20. The SMILES string of the molecule is Nc1ncc(-c2cncnc2)nc1NCC1CCOCC1. The molecule has 0 aromatic carbocycles. The van der Waals surface area contributed by atoms with E-state index in [9.17, 15) is 0 Å². The van der Waals surface area contributed by atoms with Crippen LogP contribution >= 0.6 is 0 Å². The Morgan fingerprint density at radius 1 is 1.19 bits per heavy atom. The molecule has 2 aromatic rings. The van der Waals surface area contributed by atoms with Crippen molar-refractivity contribution in [2.24, 2.45) is 5.92 Å². The fraction of sp³-hybridized carbons (Fsp3) is 0.429. The first kappa shape index (κ1) is 13.7. The van der Waals surface area contributed by atoms with Crippen molar-refractivity contribution in [1.29, 1.82) is 0 Å². The van der Waals surface area contributed by atoms with Crippen LogP contribution in [0.1, 0.15) is 12.8 Å². The molecule has 0 bridgehead atoms. The van der Waals surface area contributed by atoms with Crippen LogP contribution in [0.3, 0.4) is 0 Å². The second-order valence-corrected chi connectivity index (χ2v) is 5.05. The van der Waals surface area contributed by atoms with Gasteiger partial charge < -0.3 is 15.8 Å². The van der Waals surface area contributed by atoms with Crippen LogP contribution in [-0.2, 0) is 4.74 Å². The van der Waals surface area contributed by atoms with E-state index in [1.54, 1.807) is 18.6 Å². The van der Waals surface area contributed by atoms with Crippen LogP contribution < -0.4 is 11.1 Å². The van der Waals surface area contributed by atoms with Gasteiger partial charge in [0.2, 0.25) is 0 Å². The molecule has 3 rings (SSSR count). The zero-order valence-electron chi connectivity index (χ0n) is 11.7. The Balaban J connectivity index is 1.72. The van der Waals surface area contributed by atoms with Gasteiger partial charge in [-0.05, 0) is 18.8 Å². The van der Waals surface area contributed by atoms with Gasteiger partial charge in [0.05, 0.1) is 11.9 Å². The zero-order valence-corrected chi connectivity index (χ0v) is 11.7. The van der Waals surface area contributed by atoms with E-state index < -0.39 is 0 Å². The first-order valence-electron chi connectivity index (χ1n) is 7.02. The zero-order chi connectivity index (χ0) is 14.5.